The molecule has 1 N–H and O–H groups in total. The Morgan fingerprint density at radius 3 is 2.67 bits per heavy atom. The molecule has 18 heavy (non-hydrogen) atoms. The summed E-state index contributed by atoms with van der Waals surface area (Å²) in [5.74, 6) is 0.748. The molecule has 0 bridgehead atoms. The number of rotatable bonds is 6. The van der Waals surface area contributed by atoms with E-state index in [0.29, 0.717) is 6.04 Å². The summed E-state index contributed by atoms with van der Waals surface area (Å²) in [4.78, 5) is 2.50. The molecule has 0 aromatic carbocycles. The molecule has 1 heterocycles. The first-order valence-corrected chi connectivity index (χ1v) is 7.77. The molecule has 2 unspecified atom stereocenters. The molecule has 3 heteroatoms. The van der Waals surface area contributed by atoms with E-state index < -0.39 is 0 Å². The lowest BCUT2D eigenvalue weighted by Crippen LogP contribution is -2.43. The molecule has 1 saturated heterocycles. The predicted octanol–water partition coefficient (Wildman–Crippen LogP) is 2.27. The van der Waals surface area contributed by atoms with Crippen molar-refractivity contribution in [1.29, 1.82) is 0 Å². The summed E-state index contributed by atoms with van der Waals surface area (Å²) < 4.78 is 5.56. The van der Waals surface area contributed by atoms with E-state index in [4.69, 9.17) is 4.74 Å². The Labute approximate surface area is 112 Å². The van der Waals surface area contributed by atoms with Gasteiger partial charge in [-0.05, 0) is 45.6 Å². The van der Waals surface area contributed by atoms with E-state index in [1.54, 1.807) is 0 Å². The smallest absolute Gasteiger partial charge is 0.0506 e. The van der Waals surface area contributed by atoms with Crippen molar-refractivity contribution in [3.05, 3.63) is 0 Å². The van der Waals surface area contributed by atoms with Crippen molar-refractivity contribution in [2.24, 2.45) is 5.92 Å². The second-order valence-electron chi connectivity index (χ2n) is 6.26. The van der Waals surface area contributed by atoms with Gasteiger partial charge in [0.1, 0.15) is 0 Å². The third-order valence-electron chi connectivity index (χ3n) is 4.61. The molecule has 2 rings (SSSR count). The lowest BCUT2D eigenvalue weighted by Gasteiger charge is -2.31. The molecule has 2 aliphatic rings. The highest BCUT2D eigenvalue weighted by atomic mass is 16.5. The summed E-state index contributed by atoms with van der Waals surface area (Å²) in [7, 11) is 2.26. The summed E-state index contributed by atoms with van der Waals surface area (Å²) >= 11 is 0. The van der Waals surface area contributed by atoms with Gasteiger partial charge < -0.3 is 15.0 Å². The third kappa shape index (κ3) is 4.52. The highest BCUT2D eigenvalue weighted by molar-refractivity contribution is 4.77. The molecule has 3 nitrogen and oxygen atoms in total. The van der Waals surface area contributed by atoms with Gasteiger partial charge in [0.2, 0.25) is 0 Å². The highest BCUT2D eigenvalue weighted by Crippen LogP contribution is 2.18. The average molecular weight is 254 g/mol. The Kier molecular flexibility index (Phi) is 5.93. The molecule has 0 spiro atoms. The minimum Gasteiger partial charge on any atom is -0.381 e. The summed E-state index contributed by atoms with van der Waals surface area (Å²) in [6, 6.07) is 1.42. The monoisotopic (exact) mass is 254 g/mol. The zero-order valence-corrected chi connectivity index (χ0v) is 12.2. The van der Waals surface area contributed by atoms with Gasteiger partial charge in [-0.15, -0.1) is 0 Å². The van der Waals surface area contributed by atoms with Crippen LogP contribution in [0.25, 0.3) is 0 Å². The molecule has 0 aromatic heterocycles. The van der Waals surface area contributed by atoms with Gasteiger partial charge in [-0.3, -0.25) is 0 Å². The zero-order valence-electron chi connectivity index (χ0n) is 12.2. The van der Waals surface area contributed by atoms with Crippen LogP contribution in [-0.4, -0.2) is 50.3 Å². The number of hydrogen-bond acceptors (Lipinski definition) is 3. The maximum absolute atomic E-state index is 5.56. The van der Waals surface area contributed by atoms with Gasteiger partial charge >= 0.3 is 0 Å². The van der Waals surface area contributed by atoms with E-state index in [1.807, 2.05) is 0 Å². The van der Waals surface area contributed by atoms with Gasteiger partial charge in [0, 0.05) is 31.8 Å². The van der Waals surface area contributed by atoms with Crippen molar-refractivity contribution in [3.63, 3.8) is 0 Å². The Morgan fingerprint density at radius 2 is 2.00 bits per heavy atom. The lowest BCUT2D eigenvalue weighted by molar-refractivity contribution is 0.0371. The minimum atomic E-state index is 0.632. The molecular formula is C15H30N2O. The van der Waals surface area contributed by atoms with Gasteiger partial charge in [0.15, 0.2) is 0 Å². The lowest BCUT2D eigenvalue weighted by atomic mass is 10.0. The zero-order chi connectivity index (χ0) is 12.8. The topological polar surface area (TPSA) is 24.5 Å². The first-order chi connectivity index (χ1) is 8.75. The highest BCUT2D eigenvalue weighted by Gasteiger charge is 2.20. The number of nitrogens with one attached hydrogen (secondary N) is 1. The van der Waals surface area contributed by atoms with Crippen LogP contribution in [0.5, 0.6) is 0 Å². The normalized spacial score (nSPS) is 27.8. The van der Waals surface area contributed by atoms with E-state index in [1.165, 1.54) is 45.1 Å². The molecule has 0 radical (unpaired) electrons. The van der Waals surface area contributed by atoms with Gasteiger partial charge in [-0.2, -0.15) is 0 Å². The Hall–Kier alpha value is -0.120. The molecule has 0 aromatic rings. The number of ether oxygens (including phenoxy) is 1. The Bertz CT molecular complexity index is 223. The maximum atomic E-state index is 5.56. The van der Waals surface area contributed by atoms with Crippen molar-refractivity contribution in [2.75, 3.05) is 33.4 Å². The largest absolute Gasteiger partial charge is 0.381 e. The SMILES string of the molecule is CC(CNC1CCCC1)N(C)CC1CCCOC1. The predicted molar refractivity (Wildman–Crippen MR) is 75.9 cm³/mol. The average Bonchev–Trinajstić information content (AvgIpc) is 2.90. The second kappa shape index (κ2) is 7.46. The molecular weight excluding hydrogens is 224 g/mol. The number of hydrogen-bond donors (Lipinski definition) is 1. The fourth-order valence-corrected chi connectivity index (χ4v) is 3.16. The van der Waals surface area contributed by atoms with E-state index in [9.17, 15) is 0 Å². The van der Waals surface area contributed by atoms with E-state index >= 15 is 0 Å². The molecule has 1 saturated carbocycles. The van der Waals surface area contributed by atoms with Crippen LogP contribution in [0.4, 0.5) is 0 Å². The summed E-state index contributed by atoms with van der Waals surface area (Å²) in [5.41, 5.74) is 0. The van der Waals surface area contributed by atoms with Crippen LogP contribution in [0, 0.1) is 5.92 Å². The van der Waals surface area contributed by atoms with Crippen LogP contribution in [0.1, 0.15) is 45.4 Å². The third-order valence-corrected chi connectivity index (χ3v) is 4.61. The van der Waals surface area contributed by atoms with E-state index in [0.717, 1.165) is 31.7 Å². The number of likely N-dealkylation sites (N-methyl/N-ethyl adjacent to an activating group) is 1. The Balaban J connectivity index is 1.62. The van der Waals surface area contributed by atoms with Crippen molar-refractivity contribution < 1.29 is 4.74 Å². The summed E-state index contributed by atoms with van der Waals surface area (Å²) in [5, 5.41) is 3.73. The van der Waals surface area contributed by atoms with Crippen LogP contribution < -0.4 is 5.32 Å². The second-order valence-corrected chi connectivity index (χ2v) is 6.26. The van der Waals surface area contributed by atoms with Gasteiger partial charge in [0.05, 0.1) is 6.61 Å². The van der Waals surface area contributed by atoms with Crippen LogP contribution >= 0.6 is 0 Å². The maximum Gasteiger partial charge on any atom is 0.0506 e. The fraction of sp³-hybridized carbons (Fsp3) is 1.00. The molecule has 1 aliphatic heterocycles. The summed E-state index contributed by atoms with van der Waals surface area (Å²) in [6.45, 7) is 6.60. The molecule has 106 valence electrons. The van der Waals surface area contributed by atoms with Gasteiger partial charge in [0.25, 0.3) is 0 Å². The van der Waals surface area contributed by atoms with Crippen LogP contribution in [0.2, 0.25) is 0 Å². The molecule has 0 amide bonds. The quantitative estimate of drug-likeness (QED) is 0.787. The molecule has 2 fully saturated rings. The first-order valence-electron chi connectivity index (χ1n) is 7.77. The van der Waals surface area contributed by atoms with Crippen molar-refractivity contribution in [3.8, 4) is 0 Å². The summed E-state index contributed by atoms with van der Waals surface area (Å²) in [6.07, 6.45) is 8.18. The van der Waals surface area contributed by atoms with Gasteiger partial charge in [-0.25, -0.2) is 0 Å². The van der Waals surface area contributed by atoms with E-state index in [-0.39, 0.29) is 0 Å². The van der Waals surface area contributed by atoms with E-state index in [2.05, 4.69) is 24.2 Å². The van der Waals surface area contributed by atoms with Crippen molar-refractivity contribution >= 4 is 0 Å². The van der Waals surface area contributed by atoms with Crippen molar-refractivity contribution in [1.82, 2.24) is 10.2 Å². The molecule has 1 aliphatic carbocycles. The van der Waals surface area contributed by atoms with Crippen molar-refractivity contribution in [2.45, 2.75) is 57.5 Å². The van der Waals surface area contributed by atoms with Crippen LogP contribution in [0.15, 0.2) is 0 Å². The Morgan fingerprint density at radius 1 is 1.22 bits per heavy atom. The van der Waals surface area contributed by atoms with Crippen LogP contribution in [0.3, 0.4) is 0 Å². The number of nitrogens with zero attached hydrogens (tertiary/aromatic N) is 1. The first kappa shape index (κ1) is 14.3. The molecule has 2 atom stereocenters. The fourth-order valence-electron chi connectivity index (χ4n) is 3.16. The minimum absolute atomic E-state index is 0.632. The van der Waals surface area contributed by atoms with Crippen LogP contribution in [-0.2, 0) is 4.74 Å². The van der Waals surface area contributed by atoms with Gasteiger partial charge in [-0.1, -0.05) is 12.8 Å². The standard InChI is InChI=1S/C15H30N2O/c1-13(10-16-15-7-3-4-8-15)17(2)11-14-6-5-9-18-12-14/h13-16H,3-12H2,1-2H3.